The van der Waals surface area contributed by atoms with Gasteiger partial charge in [0.15, 0.2) is 0 Å². The summed E-state index contributed by atoms with van der Waals surface area (Å²) < 4.78 is 35.5. The minimum atomic E-state index is -3.88. The van der Waals surface area contributed by atoms with Crippen LogP contribution in [0.1, 0.15) is 31.2 Å². The second-order valence-corrected chi connectivity index (χ2v) is 9.30. The third-order valence-corrected chi connectivity index (χ3v) is 6.67. The van der Waals surface area contributed by atoms with E-state index in [2.05, 4.69) is 9.71 Å². The summed E-state index contributed by atoms with van der Waals surface area (Å²) in [5, 5.41) is 2.77. The lowest BCUT2D eigenvalue weighted by Crippen LogP contribution is -2.27. The molecule has 0 aliphatic carbocycles. The van der Waals surface area contributed by atoms with Crippen molar-refractivity contribution >= 4 is 33.5 Å². The number of nitrogens with zero attached hydrogens (tertiary/aromatic N) is 2. The van der Waals surface area contributed by atoms with Crippen molar-refractivity contribution in [3.8, 4) is 5.75 Å². The Kier molecular flexibility index (Phi) is 6.08. The van der Waals surface area contributed by atoms with Crippen LogP contribution in [0.25, 0.3) is 6.08 Å². The molecule has 1 N–H and O–H groups in total. The monoisotopic (exact) mass is 439 g/mol. The topological polar surface area (TPSA) is 88.1 Å². The number of hydrogen-bond acceptors (Lipinski definition) is 4. The van der Waals surface area contributed by atoms with E-state index in [-0.39, 0.29) is 17.4 Å². The van der Waals surface area contributed by atoms with E-state index < -0.39 is 10.0 Å². The van der Waals surface area contributed by atoms with Crippen LogP contribution in [-0.4, -0.2) is 45.3 Å². The van der Waals surface area contributed by atoms with Crippen LogP contribution in [0.3, 0.4) is 0 Å². The zero-order valence-corrected chi connectivity index (χ0v) is 18.2. The number of hydrogen-bond donors (Lipinski definition) is 1. The van der Waals surface area contributed by atoms with E-state index >= 15 is 0 Å². The summed E-state index contributed by atoms with van der Waals surface area (Å²) in [7, 11) is -2.01. The van der Waals surface area contributed by atoms with Crippen molar-refractivity contribution in [2.75, 3.05) is 25.5 Å². The van der Waals surface area contributed by atoms with Crippen LogP contribution in [-0.2, 0) is 14.8 Å². The normalized spacial score (nSPS) is 17.9. The van der Waals surface area contributed by atoms with Crippen molar-refractivity contribution in [1.82, 2.24) is 4.90 Å². The molecule has 2 aliphatic rings. The van der Waals surface area contributed by atoms with Crippen LogP contribution in [0.2, 0.25) is 0 Å². The highest BCUT2D eigenvalue weighted by Crippen LogP contribution is 2.26. The number of anilines is 1. The Labute approximate surface area is 182 Å². The highest BCUT2D eigenvalue weighted by atomic mass is 32.2. The summed E-state index contributed by atoms with van der Waals surface area (Å²) in [5.74, 6) is 0.976. The lowest BCUT2D eigenvalue weighted by atomic mass is 10.1. The van der Waals surface area contributed by atoms with Gasteiger partial charge in [-0.05, 0) is 43.2 Å². The van der Waals surface area contributed by atoms with E-state index in [1.807, 2.05) is 36.2 Å². The number of carbonyl (C=O) groups excluding carboxylic acids is 1. The van der Waals surface area contributed by atoms with Crippen molar-refractivity contribution < 1.29 is 17.9 Å². The number of fused-ring (bicyclic) bond motifs is 1. The van der Waals surface area contributed by atoms with Gasteiger partial charge in [-0.25, -0.2) is 0 Å². The average Bonchev–Trinajstić information content (AvgIpc) is 2.97. The Bertz CT molecular complexity index is 1150. The zero-order valence-electron chi connectivity index (χ0n) is 17.4. The molecule has 0 atom stereocenters. The summed E-state index contributed by atoms with van der Waals surface area (Å²) in [6.45, 7) is 0.950. The van der Waals surface area contributed by atoms with Gasteiger partial charge in [-0.15, -0.1) is 4.40 Å². The molecular weight excluding hydrogens is 414 g/mol. The van der Waals surface area contributed by atoms with E-state index in [0.717, 1.165) is 37.1 Å². The lowest BCUT2D eigenvalue weighted by Gasteiger charge is -2.18. The summed E-state index contributed by atoms with van der Waals surface area (Å²) in [4.78, 5) is 14.7. The minimum Gasteiger partial charge on any atom is -0.488 e. The number of carbonyl (C=O) groups is 1. The van der Waals surface area contributed by atoms with Gasteiger partial charge in [0.25, 0.3) is 15.9 Å². The molecule has 2 heterocycles. The molecule has 0 aromatic heterocycles. The van der Waals surface area contributed by atoms with Crippen LogP contribution in [0.15, 0.2) is 63.4 Å². The van der Waals surface area contributed by atoms with Gasteiger partial charge >= 0.3 is 0 Å². The van der Waals surface area contributed by atoms with Crippen LogP contribution < -0.4 is 10.1 Å². The fraction of sp³-hybridized carbons (Fsp3) is 0.304. The molecule has 0 saturated carbocycles. The molecule has 7 nitrogen and oxygen atoms in total. The molecule has 8 heteroatoms. The molecule has 0 spiro atoms. The number of rotatable bonds is 4. The maximum atomic E-state index is 12.9. The third kappa shape index (κ3) is 4.96. The number of benzene rings is 2. The first-order valence-electron chi connectivity index (χ1n) is 10.3. The molecule has 31 heavy (non-hydrogen) atoms. The molecule has 162 valence electrons. The maximum Gasteiger partial charge on any atom is 0.284 e. The molecule has 2 aromatic carbocycles. The van der Waals surface area contributed by atoms with Gasteiger partial charge < -0.3 is 15.0 Å². The third-order valence-electron chi connectivity index (χ3n) is 5.37. The highest BCUT2D eigenvalue weighted by Gasteiger charge is 2.20. The first kappa shape index (κ1) is 21.1. The molecule has 1 amide bonds. The Balaban J connectivity index is 1.53. The molecule has 4 rings (SSSR count). The van der Waals surface area contributed by atoms with E-state index in [0.29, 0.717) is 23.5 Å². The smallest absolute Gasteiger partial charge is 0.284 e. The van der Waals surface area contributed by atoms with Crippen molar-refractivity contribution in [2.45, 2.75) is 30.6 Å². The molecule has 2 aromatic rings. The minimum absolute atomic E-state index is 0.0506. The van der Waals surface area contributed by atoms with Gasteiger partial charge in [-0.3, -0.25) is 4.79 Å². The predicted molar refractivity (Wildman–Crippen MR) is 121 cm³/mol. The van der Waals surface area contributed by atoms with Crippen LogP contribution in [0.5, 0.6) is 5.75 Å². The average molecular weight is 440 g/mol. The standard InChI is InChI=1S/C23H25N3O4S/c1-26-13-6-2-3-12-22(26)25-31(28,29)20-10-7-9-19(15-20)24-23(27)18-14-17-8-4-5-11-21(17)30-16-18/h4-5,7-11,14-15H,2-3,6,12-13,16H2,1H3,(H,24,27). The molecule has 1 fully saturated rings. The number of amidine groups is 1. The highest BCUT2D eigenvalue weighted by molar-refractivity contribution is 7.90. The van der Waals surface area contributed by atoms with Crippen molar-refractivity contribution in [3.63, 3.8) is 0 Å². The number of ether oxygens (including phenoxy) is 1. The van der Waals surface area contributed by atoms with Gasteiger partial charge in [-0.1, -0.05) is 30.7 Å². The van der Waals surface area contributed by atoms with Gasteiger partial charge in [0, 0.05) is 31.3 Å². The number of nitrogens with one attached hydrogen (secondary N) is 1. The largest absolute Gasteiger partial charge is 0.488 e. The maximum absolute atomic E-state index is 12.9. The van der Waals surface area contributed by atoms with E-state index in [1.54, 1.807) is 18.2 Å². The van der Waals surface area contributed by atoms with Crippen LogP contribution in [0.4, 0.5) is 5.69 Å². The summed E-state index contributed by atoms with van der Waals surface area (Å²) in [6, 6.07) is 13.7. The van der Waals surface area contributed by atoms with Gasteiger partial charge in [0.05, 0.1) is 10.5 Å². The van der Waals surface area contributed by atoms with Crippen molar-refractivity contribution in [1.29, 1.82) is 0 Å². The van der Waals surface area contributed by atoms with Gasteiger partial charge in [-0.2, -0.15) is 8.42 Å². The van der Waals surface area contributed by atoms with Gasteiger partial charge in [0.1, 0.15) is 18.2 Å². The first-order chi connectivity index (χ1) is 14.9. The van der Waals surface area contributed by atoms with E-state index in [1.165, 1.54) is 12.1 Å². The molecule has 2 aliphatic heterocycles. The Morgan fingerprint density at radius 2 is 1.94 bits per heavy atom. The molecule has 1 saturated heterocycles. The number of likely N-dealkylation sites (tertiary alicyclic amines) is 1. The number of sulfonamides is 1. The lowest BCUT2D eigenvalue weighted by molar-refractivity contribution is -0.113. The molecular formula is C23H25N3O4S. The molecule has 0 bridgehead atoms. The second-order valence-electron chi connectivity index (χ2n) is 7.69. The molecule has 0 radical (unpaired) electrons. The predicted octanol–water partition coefficient (Wildman–Crippen LogP) is 3.69. The summed E-state index contributed by atoms with van der Waals surface area (Å²) in [5.41, 5.74) is 1.69. The van der Waals surface area contributed by atoms with Crippen molar-refractivity contribution in [2.24, 2.45) is 4.40 Å². The second kappa shape index (κ2) is 8.93. The number of para-hydroxylation sites is 1. The number of amides is 1. The van der Waals surface area contributed by atoms with Crippen LogP contribution in [0, 0.1) is 0 Å². The Morgan fingerprint density at radius 3 is 2.81 bits per heavy atom. The zero-order chi connectivity index (χ0) is 21.8. The fourth-order valence-electron chi connectivity index (χ4n) is 3.63. The Hall–Kier alpha value is -3.13. The summed E-state index contributed by atoms with van der Waals surface area (Å²) in [6.07, 6.45) is 5.44. The van der Waals surface area contributed by atoms with Crippen molar-refractivity contribution in [3.05, 3.63) is 59.7 Å². The van der Waals surface area contributed by atoms with Crippen LogP contribution >= 0.6 is 0 Å². The summed E-state index contributed by atoms with van der Waals surface area (Å²) >= 11 is 0. The quantitative estimate of drug-likeness (QED) is 0.785. The fourth-order valence-corrected chi connectivity index (χ4v) is 4.77. The molecule has 0 unspecified atom stereocenters. The van der Waals surface area contributed by atoms with Gasteiger partial charge in [0.2, 0.25) is 0 Å². The van der Waals surface area contributed by atoms with E-state index in [4.69, 9.17) is 4.74 Å². The SMILES string of the molecule is CN1CCCCCC1=NS(=O)(=O)c1cccc(NC(=O)C2=Cc3ccccc3OC2)c1. The van der Waals surface area contributed by atoms with E-state index in [9.17, 15) is 13.2 Å². The first-order valence-corrected chi connectivity index (χ1v) is 11.8. The Morgan fingerprint density at radius 1 is 1.10 bits per heavy atom.